The number of benzene rings is 2. The summed E-state index contributed by atoms with van der Waals surface area (Å²) in [5.41, 5.74) is 1.17. The number of halogens is 1. The quantitative estimate of drug-likeness (QED) is 0.502. The van der Waals surface area contributed by atoms with E-state index in [1.165, 1.54) is 12.1 Å². The summed E-state index contributed by atoms with van der Waals surface area (Å²) >= 11 is 0. The van der Waals surface area contributed by atoms with Gasteiger partial charge in [0.25, 0.3) is 0 Å². The second-order valence-corrected chi connectivity index (χ2v) is 3.70. The molecule has 0 aromatic heterocycles. The molecule has 0 aliphatic rings. The number of hydrogen-bond donors (Lipinski definition) is 1. The van der Waals surface area contributed by atoms with Gasteiger partial charge in [0, 0.05) is 0 Å². The molecule has 0 fully saturated rings. The van der Waals surface area contributed by atoms with Crippen LogP contribution in [0.5, 0.6) is 5.75 Å². The summed E-state index contributed by atoms with van der Waals surface area (Å²) in [6.07, 6.45) is 2.10. The normalized spacial score (nSPS) is 8.62. The molecule has 0 heterocycles. The molecule has 0 unspecified atom stereocenters. The Hall–Kier alpha value is -1.89. The van der Waals surface area contributed by atoms with Gasteiger partial charge < -0.3 is 24.8 Å². The van der Waals surface area contributed by atoms with Crippen molar-refractivity contribution in [1.82, 2.24) is 0 Å². The molecule has 0 saturated carbocycles. The van der Waals surface area contributed by atoms with Crippen molar-refractivity contribution in [3.63, 3.8) is 0 Å². The minimum absolute atomic E-state index is 0. The number of aldehydes is 1. The van der Waals surface area contributed by atoms with Gasteiger partial charge in [-0.3, -0.25) is 4.79 Å². The first-order chi connectivity index (χ1) is 8.65. The SMILES string of the molecule is O=[C-]c1cccc(-c2cc(F)c(O)c(C=O)c2)c1.[CH3-].[CH3-].[Li+]. The first kappa shape index (κ1) is 21.4. The van der Waals surface area contributed by atoms with Crippen molar-refractivity contribution in [2.24, 2.45) is 0 Å². The van der Waals surface area contributed by atoms with E-state index in [-0.39, 0.29) is 39.3 Å². The molecule has 1 N–H and O–H groups in total. The minimum atomic E-state index is -0.880. The van der Waals surface area contributed by atoms with Crippen molar-refractivity contribution in [2.75, 3.05) is 0 Å². The fraction of sp³-hybridized carbons (Fsp3) is 0. The molecule has 0 aliphatic carbocycles. The summed E-state index contributed by atoms with van der Waals surface area (Å²) < 4.78 is 13.4. The van der Waals surface area contributed by atoms with Crippen LogP contribution in [0.25, 0.3) is 11.1 Å². The second kappa shape index (κ2) is 9.12. The molecule has 0 radical (unpaired) electrons. The molecule has 2 aromatic carbocycles. The van der Waals surface area contributed by atoms with Crippen molar-refractivity contribution in [3.05, 3.63) is 68.2 Å². The Morgan fingerprint density at radius 1 is 1.10 bits per heavy atom. The van der Waals surface area contributed by atoms with Gasteiger partial charge in [-0.15, -0.1) is 6.07 Å². The van der Waals surface area contributed by atoms with Gasteiger partial charge in [-0.1, -0.05) is 11.6 Å². The molecular formula is C16H14FLiO3-2. The van der Waals surface area contributed by atoms with E-state index in [0.29, 0.717) is 23.0 Å². The topological polar surface area (TPSA) is 54.4 Å². The predicted octanol–water partition coefficient (Wildman–Crippen LogP) is 0.373. The monoisotopic (exact) mass is 280 g/mol. The Bertz CT molecular complexity index is 627. The zero-order chi connectivity index (χ0) is 13.1. The van der Waals surface area contributed by atoms with Crippen LogP contribution in [-0.2, 0) is 4.79 Å². The van der Waals surface area contributed by atoms with E-state index >= 15 is 0 Å². The summed E-state index contributed by atoms with van der Waals surface area (Å²) in [5.74, 6) is -1.55. The largest absolute Gasteiger partial charge is 1.00 e. The van der Waals surface area contributed by atoms with Crippen LogP contribution in [0.2, 0.25) is 0 Å². The van der Waals surface area contributed by atoms with E-state index in [4.69, 9.17) is 0 Å². The summed E-state index contributed by atoms with van der Waals surface area (Å²) in [4.78, 5) is 21.2. The van der Waals surface area contributed by atoms with Crippen molar-refractivity contribution >= 4 is 12.6 Å². The van der Waals surface area contributed by atoms with Gasteiger partial charge in [0.05, 0.1) is 11.8 Å². The van der Waals surface area contributed by atoms with Crippen molar-refractivity contribution in [3.8, 4) is 16.9 Å². The van der Waals surface area contributed by atoms with Gasteiger partial charge in [-0.05, 0) is 17.7 Å². The zero-order valence-corrected chi connectivity index (χ0v) is 12.2. The van der Waals surface area contributed by atoms with Crippen LogP contribution in [0.15, 0.2) is 36.4 Å². The van der Waals surface area contributed by atoms with Crippen molar-refractivity contribution in [1.29, 1.82) is 0 Å². The standard InChI is InChI=1S/C14H8FO3.2CH3.Li/c15-13-6-11(5-12(8-17)14(13)18)10-3-1-2-9(4-10)7-16;;;/h1-6,8,18H;2*1H3;/q3*-1;+1. The predicted molar refractivity (Wildman–Crippen MR) is 76.5 cm³/mol. The Morgan fingerprint density at radius 2 is 1.76 bits per heavy atom. The minimum Gasteiger partial charge on any atom is -0.504 e. The molecule has 5 heteroatoms. The fourth-order valence-electron chi connectivity index (χ4n) is 1.64. The number of rotatable bonds is 3. The number of phenols is 1. The first-order valence-corrected chi connectivity index (χ1v) is 5.12. The van der Waals surface area contributed by atoms with Crippen LogP contribution in [-0.4, -0.2) is 17.7 Å². The maximum atomic E-state index is 13.4. The van der Waals surface area contributed by atoms with Crippen LogP contribution in [0.4, 0.5) is 4.39 Å². The number of hydrogen-bond acceptors (Lipinski definition) is 3. The zero-order valence-electron chi connectivity index (χ0n) is 12.2. The third-order valence-electron chi connectivity index (χ3n) is 2.53. The summed E-state index contributed by atoms with van der Waals surface area (Å²) in [5, 5.41) is 9.30. The molecule has 0 aliphatic heterocycles. The first-order valence-electron chi connectivity index (χ1n) is 5.12. The van der Waals surface area contributed by atoms with E-state index in [1.807, 2.05) is 0 Å². The Morgan fingerprint density at radius 3 is 2.33 bits per heavy atom. The van der Waals surface area contributed by atoms with Gasteiger partial charge in [0.15, 0.2) is 17.9 Å². The van der Waals surface area contributed by atoms with Crippen LogP contribution in [0, 0.1) is 20.7 Å². The molecular weight excluding hydrogens is 266 g/mol. The van der Waals surface area contributed by atoms with Crippen LogP contribution in [0.1, 0.15) is 15.9 Å². The number of phenolic OH excluding ortho intramolecular Hbond substituents is 1. The van der Waals surface area contributed by atoms with Crippen molar-refractivity contribution in [2.45, 2.75) is 0 Å². The smallest absolute Gasteiger partial charge is 0.504 e. The summed E-state index contributed by atoms with van der Waals surface area (Å²) in [6, 6.07) is 8.84. The molecule has 0 atom stereocenters. The van der Waals surface area contributed by atoms with Gasteiger partial charge >= 0.3 is 18.9 Å². The average molecular weight is 280 g/mol. The Labute approximate surface area is 136 Å². The summed E-state index contributed by atoms with van der Waals surface area (Å²) in [6.45, 7) is 0. The molecule has 0 amide bonds. The molecule has 3 nitrogen and oxygen atoms in total. The van der Waals surface area contributed by atoms with E-state index < -0.39 is 11.6 Å². The Kier molecular flexibility index (Phi) is 9.30. The maximum Gasteiger partial charge on any atom is 1.00 e. The van der Waals surface area contributed by atoms with Crippen LogP contribution >= 0.6 is 0 Å². The maximum absolute atomic E-state index is 13.4. The third-order valence-corrected chi connectivity index (χ3v) is 2.53. The van der Waals surface area contributed by atoms with Gasteiger partial charge in [-0.2, -0.15) is 17.7 Å². The van der Waals surface area contributed by atoms with E-state index in [1.54, 1.807) is 24.5 Å². The van der Waals surface area contributed by atoms with Gasteiger partial charge in [0.1, 0.15) is 0 Å². The third kappa shape index (κ3) is 4.56. The molecule has 0 bridgehead atoms. The van der Waals surface area contributed by atoms with E-state index in [9.17, 15) is 19.1 Å². The number of carbonyl (C=O) groups is 1. The van der Waals surface area contributed by atoms with Gasteiger partial charge in [-0.25, -0.2) is 4.39 Å². The van der Waals surface area contributed by atoms with E-state index in [0.717, 1.165) is 6.07 Å². The molecule has 21 heavy (non-hydrogen) atoms. The molecule has 0 spiro atoms. The summed E-state index contributed by atoms with van der Waals surface area (Å²) in [7, 11) is 0. The number of aromatic hydroxyl groups is 1. The van der Waals surface area contributed by atoms with Gasteiger partial charge in [0.2, 0.25) is 0 Å². The molecule has 2 aromatic rings. The van der Waals surface area contributed by atoms with Crippen LogP contribution < -0.4 is 18.9 Å². The number of carbonyl (C=O) groups excluding carboxylic acids is 2. The Balaban J connectivity index is 0. The van der Waals surface area contributed by atoms with Crippen LogP contribution in [0.3, 0.4) is 0 Å². The molecule has 2 rings (SSSR count). The molecule has 106 valence electrons. The second-order valence-electron chi connectivity index (χ2n) is 3.70. The van der Waals surface area contributed by atoms with E-state index in [2.05, 4.69) is 0 Å². The van der Waals surface area contributed by atoms with Crippen molar-refractivity contribution < 1.29 is 37.9 Å². The molecule has 0 saturated heterocycles. The fourth-order valence-corrected chi connectivity index (χ4v) is 1.64. The average Bonchev–Trinajstić information content (AvgIpc) is 2.41.